The fourth-order valence-electron chi connectivity index (χ4n) is 12.4. The predicted octanol–water partition coefficient (Wildman–Crippen LogP) is 30.6. The number of hydrogen-bond donors (Lipinski definition) is 0. The summed E-state index contributed by atoms with van der Waals surface area (Å²) in [5, 5.41) is 8.46. The summed E-state index contributed by atoms with van der Waals surface area (Å²) in [6, 6.07) is 53.9. The maximum atomic E-state index is 4.88. The molecular formula is C90H144Cl4P4Pt2. The summed E-state index contributed by atoms with van der Waals surface area (Å²) in [6.07, 6.45) is 62.5. The third-order valence-electron chi connectivity index (χ3n) is 18.7. The van der Waals surface area contributed by atoms with Crippen LogP contribution in [0.25, 0.3) is 0 Å². The molecule has 0 aliphatic heterocycles. The van der Waals surface area contributed by atoms with Crippen molar-refractivity contribution in [1.82, 2.24) is 0 Å². The van der Waals surface area contributed by atoms with Crippen molar-refractivity contribution in [2.45, 2.75) is 314 Å². The van der Waals surface area contributed by atoms with Crippen LogP contribution in [0.3, 0.4) is 0 Å². The van der Waals surface area contributed by atoms with Gasteiger partial charge in [0.05, 0.1) is 0 Å². The van der Waals surface area contributed by atoms with Crippen molar-refractivity contribution in [2.24, 2.45) is 0 Å². The molecule has 0 heterocycles. The first-order valence-electron chi connectivity index (χ1n) is 39.9. The molecule has 0 bridgehead atoms. The molecular weight excluding hydrogens is 1740 g/mol. The van der Waals surface area contributed by atoms with Gasteiger partial charge in [-0.25, -0.2) is 0 Å². The zero-order chi connectivity index (χ0) is 73.3. The van der Waals surface area contributed by atoms with Crippen LogP contribution in [0.4, 0.5) is 0 Å². The van der Waals surface area contributed by atoms with Crippen molar-refractivity contribution < 1.29 is 33.0 Å². The van der Waals surface area contributed by atoms with Gasteiger partial charge in [0.15, 0.2) is 0 Å². The van der Waals surface area contributed by atoms with E-state index in [0.29, 0.717) is 15.8 Å². The van der Waals surface area contributed by atoms with Gasteiger partial charge in [-0.15, -0.1) is 15.8 Å². The number of rotatable bonds is 48. The Kier molecular flexibility index (Phi) is 68.6. The molecule has 6 aromatic rings. The summed E-state index contributed by atoms with van der Waals surface area (Å²) in [4.78, 5) is 0. The van der Waals surface area contributed by atoms with Gasteiger partial charge in [0, 0.05) is 0 Å². The molecule has 0 saturated carbocycles. The van der Waals surface area contributed by atoms with Gasteiger partial charge in [-0.3, -0.25) is 0 Å². The number of aryl methyl sites for hydroxylation is 6. The second-order valence-electron chi connectivity index (χ2n) is 28.1. The molecule has 100 heavy (non-hydrogen) atoms. The van der Waals surface area contributed by atoms with Crippen molar-refractivity contribution in [3.63, 3.8) is 0 Å². The maximum absolute atomic E-state index is 4.88. The molecule has 0 aliphatic carbocycles. The summed E-state index contributed by atoms with van der Waals surface area (Å²) < 4.78 is 0. The molecule has 0 atom stereocenters. The number of halogens is 4. The van der Waals surface area contributed by atoms with E-state index in [0.717, 1.165) is 0 Å². The Morgan fingerprint density at radius 1 is 0.190 bits per heavy atom. The Morgan fingerprint density at radius 3 is 0.420 bits per heavy atom. The third-order valence-corrected chi connectivity index (χ3v) is 29.3. The Labute approximate surface area is 658 Å². The molecule has 0 unspecified atom stereocenters. The van der Waals surface area contributed by atoms with E-state index in [2.05, 4.69) is 229 Å². The van der Waals surface area contributed by atoms with Gasteiger partial charge in [0.25, 0.3) is 0 Å². The molecule has 6 aromatic carbocycles. The minimum atomic E-state index is -0.483. The second kappa shape index (κ2) is 70.3. The summed E-state index contributed by atoms with van der Waals surface area (Å²) >= 11 is -0.944. The first-order valence-corrected chi connectivity index (χ1v) is 57.6. The van der Waals surface area contributed by atoms with E-state index >= 15 is 0 Å². The van der Waals surface area contributed by atoms with Crippen LogP contribution in [0.15, 0.2) is 146 Å². The van der Waals surface area contributed by atoms with Crippen LogP contribution in [0.5, 0.6) is 0 Å². The molecule has 572 valence electrons. The second-order valence-corrected chi connectivity index (χ2v) is 44.4. The van der Waals surface area contributed by atoms with Crippen LogP contribution in [-0.4, -0.2) is 37.0 Å². The molecule has 0 N–H and O–H groups in total. The van der Waals surface area contributed by atoms with Crippen LogP contribution >= 0.6 is 69.4 Å². The summed E-state index contributed by atoms with van der Waals surface area (Å²) in [6.45, 7) is 26.8. The van der Waals surface area contributed by atoms with Crippen molar-refractivity contribution in [3.8, 4) is 0 Å². The van der Waals surface area contributed by atoms with Gasteiger partial charge in [0.1, 0.15) is 0 Å². The van der Waals surface area contributed by atoms with Crippen molar-refractivity contribution in [2.75, 3.05) is 37.0 Å². The number of hydrogen-bond acceptors (Lipinski definition) is 0. The molecule has 0 saturated heterocycles. The first kappa shape index (κ1) is 97.6. The first-order chi connectivity index (χ1) is 48.8. The van der Waals surface area contributed by atoms with E-state index in [9.17, 15) is 0 Å². The zero-order valence-corrected chi connectivity index (χ0v) is 76.6. The molecule has 10 heteroatoms. The normalized spacial score (nSPS) is 11.0. The topological polar surface area (TPSA) is 0 Å². The molecule has 6 rings (SSSR count). The van der Waals surface area contributed by atoms with Crippen LogP contribution < -0.4 is 31.8 Å². The quantitative estimate of drug-likeness (QED) is 0.0264. The van der Waals surface area contributed by atoms with E-state index in [-0.39, 0.29) is 0 Å². The average Bonchev–Trinajstić information content (AvgIpc) is 0.820. The Bertz CT molecular complexity index is 2200. The number of unbranched alkanes of at least 4 members (excludes halogenated alkanes) is 30. The van der Waals surface area contributed by atoms with Crippen molar-refractivity contribution in [1.29, 1.82) is 0 Å². The standard InChI is InChI=1S/2C24H51P.2C21H21P.4ClH.2Pt/c2*1-4-7-10-13-16-19-22-25(23-20-17-14-11-8-5-2)24-21-18-15-12-9-6-3;2*1-16-4-10-19(11-5-16)22(20-12-6-17(2)7-13-20)21-14-8-18(3)9-15-21;;;;;;/h2*4-24H2,1-3H3;2*4-15H,1-3H3;4*1H;;/q;;;;;;;;2*+2/p-4. The van der Waals surface area contributed by atoms with E-state index in [1.807, 2.05) is 0 Å². The van der Waals surface area contributed by atoms with Gasteiger partial charge < -0.3 is 0 Å². The minimum absolute atomic E-state index is 0.366. The van der Waals surface area contributed by atoms with Gasteiger partial charge >= 0.3 is 70.6 Å². The summed E-state index contributed by atoms with van der Waals surface area (Å²) in [5.74, 6) is 0. The molecule has 0 aliphatic rings. The summed E-state index contributed by atoms with van der Waals surface area (Å²) in [5.41, 5.74) is 7.87. The molecule has 0 spiro atoms. The van der Waals surface area contributed by atoms with Crippen molar-refractivity contribution >= 4 is 101 Å². The average molecular weight is 1880 g/mol. The van der Waals surface area contributed by atoms with Crippen LogP contribution in [0, 0.1) is 41.5 Å². The van der Waals surface area contributed by atoms with Gasteiger partial charge in [-0.05, 0) is 165 Å². The molecule has 0 fully saturated rings. The molecule has 0 radical (unpaired) electrons. The zero-order valence-electron chi connectivity index (χ0n) is 65.5. The Hall–Kier alpha value is -0.423. The fraction of sp³-hybridized carbons (Fsp3) is 0.600. The van der Waals surface area contributed by atoms with Crippen LogP contribution in [0.2, 0.25) is 0 Å². The fourth-order valence-corrected chi connectivity index (χ4v) is 22.3. The van der Waals surface area contributed by atoms with E-state index < -0.39 is 48.8 Å². The Balaban J connectivity index is 0.000000648. The van der Waals surface area contributed by atoms with E-state index in [4.69, 9.17) is 37.7 Å². The van der Waals surface area contributed by atoms with Crippen LogP contribution in [0.1, 0.15) is 306 Å². The number of benzene rings is 6. The van der Waals surface area contributed by atoms with Crippen molar-refractivity contribution in [3.05, 3.63) is 179 Å². The molecule has 0 aromatic heterocycles. The molecule has 0 nitrogen and oxygen atoms in total. The van der Waals surface area contributed by atoms with Gasteiger partial charge in [0.2, 0.25) is 0 Å². The SMILES string of the molecule is CCCCCCCCP(CCCCCCCC)CCCCCCCC.CCCCCCCCP(CCCCCCCC)CCCCCCCC.Cc1ccc(P(c2ccc(C)cc2)c2ccc(C)cc2)cc1.Cc1ccc(P(c2ccc(C)cc2)c2ccc(C)cc2)cc1.[Cl][Pt][Cl].[Cl][Pt][Cl]. The summed E-state index contributed by atoms with van der Waals surface area (Å²) in [7, 11) is 19.3. The van der Waals surface area contributed by atoms with Gasteiger partial charge in [-0.2, -0.15) is 0 Å². The Morgan fingerprint density at radius 2 is 0.300 bits per heavy atom. The monoisotopic (exact) mass is 1880 g/mol. The van der Waals surface area contributed by atoms with E-state index in [1.165, 1.54) is 296 Å². The third kappa shape index (κ3) is 52.6. The molecule has 0 amide bonds. The van der Waals surface area contributed by atoms with Gasteiger partial charge in [-0.1, -0.05) is 413 Å². The predicted molar refractivity (Wildman–Crippen MR) is 465 cm³/mol. The van der Waals surface area contributed by atoms with E-state index in [1.54, 1.807) is 37.0 Å². The van der Waals surface area contributed by atoms with Crippen LogP contribution in [-0.2, 0) is 33.0 Å².